The van der Waals surface area contributed by atoms with Crippen molar-refractivity contribution in [3.8, 4) is 0 Å². The average Bonchev–Trinajstić information content (AvgIpc) is 1.59. The Morgan fingerprint density at radius 2 is 0.412 bits per heavy atom. The van der Waals surface area contributed by atoms with Crippen molar-refractivity contribution in [2.75, 3.05) is 6.54 Å². The standard InChI is InChI=1S/2C32H56N8O3S.C12H27N.Cu/c2*41-44(42,43)23-15-7-14-22-24(23)32-39-30-21-13-6-5-12-20(21)28(37-30)35-26-17-9-2-1-8-16(17)25(33-26)34-27-18-10-3-4-11-19(18)29(36-27)38-31(22)40-32;1-2-3-4-5-6-7-8-9-10-11-12-13;/h2*16-40H,1-15H2,(H,41,42,43);2-13H2,1H3;/q;;;+2/p-2. The Morgan fingerprint density at radius 3 is 0.598 bits per heavy atom. The summed E-state index contributed by atoms with van der Waals surface area (Å²) in [5.74, 6) is 6.67. The number of unbranched alkanes of at least 4 members (excludes halogenated alkanes) is 9. The Hall–Kier alpha value is -0.341. The second kappa shape index (κ2) is 34.3. The van der Waals surface area contributed by atoms with Gasteiger partial charge in [0.25, 0.3) is 0 Å². The van der Waals surface area contributed by atoms with Crippen molar-refractivity contribution in [2.24, 2.45) is 100 Å². The monoisotopic (exact) mass is 1510 g/mol. The molecule has 1 radical (unpaired) electrons. The van der Waals surface area contributed by atoms with E-state index in [1.165, 1.54) is 218 Å². The van der Waals surface area contributed by atoms with Gasteiger partial charge in [-0.2, -0.15) is 0 Å². The second-order valence-corrected chi connectivity index (χ2v) is 39.5. The Bertz CT molecular complexity index is 2730. The zero-order chi connectivity index (χ0) is 68.9. The minimum absolute atomic E-state index is 0. The number of hydrogen-bond acceptors (Lipinski definition) is 23. The molecule has 0 aromatic carbocycles. The maximum Gasteiger partial charge on any atom is 2.00 e. The predicted octanol–water partition coefficient (Wildman–Crippen LogP) is 6.12. The van der Waals surface area contributed by atoms with E-state index >= 15 is 0 Å². The zero-order valence-electron chi connectivity index (χ0n) is 61.8. The molecule has 8 saturated carbocycles. The molecular formula is C76H137CuN17O6S2. The van der Waals surface area contributed by atoms with E-state index in [0.717, 1.165) is 32.2 Å². The Balaban J connectivity index is 0.000000140. The van der Waals surface area contributed by atoms with Crippen LogP contribution in [0.4, 0.5) is 0 Å². The first-order chi connectivity index (χ1) is 49.3. The first-order valence-corrected chi connectivity index (χ1v) is 46.0. The Labute approximate surface area is 624 Å². The van der Waals surface area contributed by atoms with E-state index in [1.807, 2.05) is 0 Å². The first kappa shape index (κ1) is 77.0. The third kappa shape index (κ3) is 16.3. The number of hydrogen-bond donors (Lipinski definition) is 17. The largest absolute Gasteiger partial charge is 2.00 e. The summed E-state index contributed by atoms with van der Waals surface area (Å²) < 4.78 is 76.3. The molecule has 8 aliphatic carbocycles. The van der Waals surface area contributed by atoms with Gasteiger partial charge in [0.1, 0.15) is 0 Å². The minimum atomic E-state index is -4.41. The number of rotatable bonds is 12. The van der Waals surface area contributed by atoms with Gasteiger partial charge in [-0.15, -0.1) is 0 Å². The molecule has 102 heavy (non-hydrogen) atoms. The van der Waals surface area contributed by atoms with Crippen LogP contribution in [0.15, 0.2) is 0 Å². The normalized spacial score (nSPS) is 49.3. The summed E-state index contributed by atoms with van der Waals surface area (Å²) in [5, 5.41) is 63.1. The van der Waals surface area contributed by atoms with Crippen LogP contribution >= 0.6 is 0 Å². The number of nitrogens with one attached hydrogen (secondary N) is 16. The van der Waals surface area contributed by atoms with E-state index in [0.29, 0.717) is 96.2 Å². The van der Waals surface area contributed by atoms with E-state index in [2.05, 4.69) is 92.0 Å². The summed E-state index contributed by atoms with van der Waals surface area (Å²) in [7, 11) is -8.81. The molecule has 34 unspecified atom stereocenters. The zero-order valence-corrected chi connectivity index (χ0v) is 64.3. The van der Waals surface area contributed by atoms with Crippen LogP contribution in [0.2, 0.25) is 0 Å². The average molecular weight is 1510 g/mol. The van der Waals surface area contributed by atoms with Crippen molar-refractivity contribution in [2.45, 2.75) is 373 Å². The quantitative estimate of drug-likeness (QED) is 0.0594. The summed E-state index contributed by atoms with van der Waals surface area (Å²) in [6.45, 7) is 3.14. The smallest absolute Gasteiger partial charge is 0.748 e. The van der Waals surface area contributed by atoms with E-state index < -0.39 is 30.7 Å². The first-order valence-electron chi connectivity index (χ1n) is 43.0. The van der Waals surface area contributed by atoms with Crippen molar-refractivity contribution >= 4 is 20.2 Å². The van der Waals surface area contributed by atoms with E-state index in [1.54, 1.807) is 0 Å². The van der Waals surface area contributed by atoms with Gasteiger partial charge in [-0.25, -0.2) is 16.8 Å². The van der Waals surface area contributed by atoms with Crippen LogP contribution in [-0.2, 0) is 37.3 Å². The molecule has 585 valence electrons. The molecule has 23 nitrogen and oxygen atoms in total. The molecule has 34 atom stereocenters. The molecule has 0 aromatic rings. The summed E-state index contributed by atoms with van der Waals surface area (Å²) >= 11 is 0. The van der Waals surface area contributed by atoms with E-state index in [-0.39, 0.29) is 127 Å². The Kier molecular flexibility index (Phi) is 25.9. The summed E-state index contributed by atoms with van der Waals surface area (Å²) in [6.07, 6.45) is 50.9. The van der Waals surface area contributed by atoms with Crippen LogP contribution < -0.4 is 90.8 Å². The second-order valence-electron chi connectivity index (χ2n) is 36.4. The molecule has 10 aliphatic heterocycles. The van der Waals surface area contributed by atoms with Crippen molar-refractivity contribution in [1.29, 1.82) is 0 Å². The van der Waals surface area contributed by atoms with Crippen LogP contribution in [0.1, 0.15) is 264 Å². The van der Waals surface area contributed by atoms with Gasteiger partial charge < -0.3 is 14.8 Å². The topological polar surface area (TPSA) is 333 Å². The third-order valence-electron chi connectivity index (χ3n) is 31.0. The van der Waals surface area contributed by atoms with Crippen molar-refractivity contribution in [3.63, 3.8) is 0 Å². The maximum atomic E-state index is 12.7. The van der Waals surface area contributed by atoms with Gasteiger partial charge >= 0.3 is 17.1 Å². The molecule has 26 heteroatoms. The minimum Gasteiger partial charge on any atom is -0.748 e. The van der Waals surface area contributed by atoms with Crippen LogP contribution in [0.3, 0.4) is 0 Å². The van der Waals surface area contributed by atoms with Gasteiger partial charge in [0.15, 0.2) is 0 Å². The molecule has 10 saturated heterocycles. The van der Waals surface area contributed by atoms with Crippen LogP contribution in [0, 0.1) is 94.7 Å². The molecular weight excluding hydrogens is 1370 g/mol. The molecule has 0 aromatic heterocycles. The van der Waals surface area contributed by atoms with Gasteiger partial charge in [0.2, 0.25) is 0 Å². The fourth-order valence-electron chi connectivity index (χ4n) is 26.3. The molecule has 16 bridgehead atoms. The van der Waals surface area contributed by atoms with Gasteiger partial charge in [-0.3, -0.25) is 85.1 Å². The van der Waals surface area contributed by atoms with Crippen molar-refractivity contribution < 1.29 is 43.0 Å². The van der Waals surface area contributed by atoms with Gasteiger partial charge in [0.05, 0.1) is 129 Å². The summed E-state index contributed by atoms with van der Waals surface area (Å²) in [4.78, 5) is 0. The van der Waals surface area contributed by atoms with Gasteiger partial charge in [0, 0.05) is 11.8 Å². The maximum absolute atomic E-state index is 12.7. The SMILES string of the molecule is CCCCCCCCCCCCN.O=S(=O)([O-])C1CCCC2C3NC4NC(NC5NC(NC6NC(NC(N3)C21)C1CCCCC61)C1CCCCC51)C1CCCCC41.O=S(=O)([O-])C1CCCC2C3NC4NC(NC5NC(NC6NC(NC(N3)C21)C1CCCCC61)C1CCCCC51)C1CCCCC41.[Cu+2]. The molecule has 0 amide bonds. The van der Waals surface area contributed by atoms with Crippen LogP contribution in [-0.4, -0.2) is 142 Å². The molecule has 18 fully saturated rings. The molecule has 0 spiro atoms. The molecule has 18 aliphatic rings. The van der Waals surface area contributed by atoms with Crippen LogP contribution in [0.25, 0.3) is 0 Å². The number of fused-ring (bicyclic) bond motifs is 40. The van der Waals surface area contributed by atoms with Crippen LogP contribution in [0.5, 0.6) is 0 Å². The fraction of sp³-hybridized carbons (Fsp3) is 1.00. The van der Waals surface area contributed by atoms with Gasteiger partial charge in [-0.05, 0) is 199 Å². The molecule has 18 N–H and O–H groups in total. The third-order valence-corrected chi connectivity index (χ3v) is 33.5. The van der Waals surface area contributed by atoms with E-state index in [9.17, 15) is 25.9 Å². The number of nitrogens with two attached hydrogens (primary N) is 1. The summed E-state index contributed by atoms with van der Waals surface area (Å²) in [5.41, 5.74) is 5.42. The fourth-order valence-corrected chi connectivity index (χ4v) is 28.7. The predicted molar refractivity (Wildman–Crippen MR) is 393 cm³/mol. The molecule has 10 heterocycles. The molecule has 18 rings (SSSR count). The van der Waals surface area contributed by atoms with Crippen molar-refractivity contribution in [3.05, 3.63) is 0 Å². The van der Waals surface area contributed by atoms with Crippen molar-refractivity contribution in [1.82, 2.24) is 85.1 Å². The van der Waals surface area contributed by atoms with Gasteiger partial charge in [-0.1, -0.05) is 155 Å². The Morgan fingerprint density at radius 1 is 0.245 bits per heavy atom. The van der Waals surface area contributed by atoms with E-state index in [4.69, 9.17) is 5.73 Å². The summed E-state index contributed by atoms with van der Waals surface area (Å²) in [6, 6.07) is 0.